The molecule has 5 aromatic carbocycles. The van der Waals surface area contributed by atoms with Crippen LogP contribution in [0.4, 0.5) is 0 Å². The van der Waals surface area contributed by atoms with Gasteiger partial charge in [-0.3, -0.25) is 4.98 Å². The Morgan fingerprint density at radius 2 is 1.02 bits per heavy atom. The fourth-order valence-electron chi connectivity index (χ4n) is 7.53. The van der Waals surface area contributed by atoms with Gasteiger partial charge in [-0.2, -0.15) is 0 Å². The highest BCUT2D eigenvalue weighted by Crippen LogP contribution is 2.47. The average Bonchev–Trinajstić information content (AvgIpc) is 3.16. The van der Waals surface area contributed by atoms with Crippen LogP contribution in [0, 0.1) is 0 Å². The maximum absolute atomic E-state index is 5.11. The van der Waals surface area contributed by atoms with Crippen LogP contribution in [-0.2, 0) is 10.8 Å². The van der Waals surface area contributed by atoms with Gasteiger partial charge >= 0.3 is 0 Å². The van der Waals surface area contributed by atoms with E-state index in [4.69, 9.17) is 19.9 Å². The van der Waals surface area contributed by atoms with Crippen molar-refractivity contribution < 1.29 is 0 Å². The number of fused-ring (bicyclic) bond motifs is 5. The molecule has 3 heterocycles. The summed E-state index contributed by atoms with van der Waals surface area (Å²) in [6, 6.07) is 42.6. The summed E-state index contributed by atoms with van der Waals surface area (Å²) in [5, 5.41) is 4.37. The summed E-state index contributed by atoms with van der Waals surface area (Å²) in [6.45, 7) is 9.50. The Morgan fingerprint density at radius 3 is 1.84 bits per heavy atom. The first-order valence-electron chi connectivity index (χ1n) is 17.4. The van der Waals surface area contributed by atoms with Gasteiger partial charge in [-0.05, 0) is 81.0 Å². The fourth-order valence-corrected chi connectivity index (χ4v) is 7.53. The van der Waals surface area contributed by atoms with Crippen LogP contribution in [0.1, 0.15) is 51.7 Å². The third-order valence-electron chi connectivity index (χ3n) is 10.6. The second-order valence-corrected chi connectivity index (χ2v) is 14.9. The Morgan fingerprint density at radius 1 is 0.420 bits per heavy atom. The van der Waals surface area contributed by atoms with Gasteiger partial charge in [-0.25, -0.2) is 19.9 Å². The quantitative estimate of drug-likeness (QED) is 0.178. The van der Waals surface area contributed by atoms with E-state index >= 15 is 0 Å². The summed E-state index contributed by atoms with van der Waals surface area (Å²) in [6.07, 6.45) is 4.19. The molecule has 0 unspecified atom stereocenters. The summed E-state index contributed by atoms with van der Waals surface area (Å²) >= 11 is 0. The van der Waals surface area contributed by atoms with Crippen molar-refractivity contribution in [3.63, 3.8) is 0 Å². The van der Waals surface area contributed by atoms with Gasteiger partial charge in [0.05, 0.1) is 11.0 Å². The highest BCUT2D eigenvalue weighted by atomic mass is 15.0. The minimum Gasteiger partial charge on any atom is -0.254 e. The van der Waals surface area contributed by atoms with E-state index < -0.39 is 0 Å². The minimum absolute atomic E-state index is 0.129. The third kappa shape index (κ3) is 5.21. The zero-order valence-electron chi connectivity index (χ0n) is 28.8. The number of hydrogen-bond donors (Lipinski definition) is 0. The molecular weight excluding hydrogens is 611 g/mol. The first-order valence-corrected chi connectivity index (χ1v) is 17.4. The molecule has 0 amide bonds. The number of pyridine rings is 2. The fraction of sp³-hybridized carbons (Fsp3) is 0.178. The first kappa shape index (κ1) is 30.3. The number of aromatic nitrogens is 5. The van der Waals surface area contributed by atoms with Crippen LogP contribution in [0.25, 0.3) is 78.0 Å². The van der Waals surface area contributed by atoms with Gasteiger partial charge in [0.2, 0.25) is 0 Å². The van der Waals surface area contributed by atoms with Gasteiger partial charge in [-0.1, -0.05) is 125 Å². The molecule has 0 bridgehead atoms. The van der Waals surface area contributed by atoms with E-state index in [1.807, 2.05) is 18.3 Å². The molecule has 50 heavy (non-hydrogen) atoms. The summed E-state index contributed by atoms with van der Waals surface area (Å²) in [4.78, 5) is 25.0. The monoisotopic (exact) mass is 647 g/mol. The van der Waals surface area contributed by atoms with E-state index in [0.717, 1.165) is 43.9 Å². The van der Waals surface area contributed by atoms with Crippen molar-refractivity contribution in [3.8, 4) is 45.4 Å². The van der Waals surface area contributed by atoms with Crippen LogP contribution in [0.5, 0.6) is 0 Å². The van der Waals surface area contributed by atoms with E-state index in [1.165, 1.54) is 34.9 Å². The molecule has 0 aliphatic heterocycles. The van der Waals surface area contributed by atoms with Crippen LogP contribution in [0.3, 0.4) is 0 Å². The van der Waals surface area contributed by atoms with Crippen molar-refractivity contribution in [1.82, 2.24) is 24.9 Å². The largest absolute Gasteiger partial charge is 0.254 e. The average molecular weight is 648 g/mol. The van der Waals surface area contributed by atoms with Gasteiger partial charge in [0.25, 0.3) is 0 Å². The smallest absolute Gasteiger partial charge is 0.182 e. The minimum atomic E-state index is 0.129. The number of benzene rings is 5. The van der Waals surface area contributed by atoms with E-state index in [-0.39, 0.29) is 10.8 Å². The first-order chi connectivity index (χ1) is 24.2. The molecule has 0 spiro atoms. The normalized spacial score (nSPS) is 15.0. The molecule has 0 saturated heterocycles. The van der Waals surface area contributed by atoms with Gasteiger partial charge in [0, 0.05) is 28.1 Å². The highest BCUT2D eigenvalue weighted by Gasteiger charge is 2.37. The second kappa shape index (κ2) is 11.4. The van der Waals surface area contributed by atoms with E-state index in [0.29, 0.717) is 23.2 Å². The molecule has 1 aliphatic carbocycles. The van der Waals surface area contributed by atoms with Gasteiger partial charge in [-0.15, -0.1) is 0 Å². The molecule has 3 aromatic heterocycles. The maximum atomic E-state index is 5.11. The summed E-state index contributed by atoms with van der Waals surface area (Å²) in [5.41, 5.74) is 9.78. The van der Waals surface area contributed by atoms with Crippen LogP contribution in [0.15, 0.2) is 128 Å². The Bertz CT molecular complexity index is 2620. The van der Waals surface area contributed by atoms with Gasteiger partial charge in [0.15, 0.2) is 17.5 Å². The number of hydrogen-bond acceptors (Lipinski definition) is 5. The Balaban J connectivity index is 1.21. The van der Waals surface area contributed by atoms with Crippen LogP contribution in [-0.4, -0.2) is 24.9 Å². The van der Waals surface area contributed by atoms with Crippen molar-refractivity contribution in [2.45, 2.75) is 51.4 Å². The molecule has 0 atom stereocenters. The topological polar surface area (TPSA) is 64.5 Å². The molecule has 242 valence electrons. The summed E-state index contributed by atoms with van der Waals surface area (Å²) in [7, 11) is 0. The Labute approximate surface area is 292 Å². The van der Waals surface area contributed by atoms with Crippen LogP contribution >= 0.6 is 0 Å². The number of nitrogens with zero attached hydrogens (tertiary/aromatic N) is 5. The maximum Gasteiger partial charge on any atom is 0.182 e. The molecular formula is C45H37N5. The standard InChI is InChI=1S/C45H37N5/c1-44(2)22-23-45(3,4)37-27-33(18-20-36(37)44)32-11-7-12-34(26-32)41-48-42(35-17-14-28-9-5-6-10-31(28)25-35)50-43(49-41)38-21-19-30-16-15-29-13-8-24-46-39(29)40(30)47-38/h5-21,24-27H,22-23H2,1-4H3. The van der Waals surface area contributed by atoms with Crippen molar-refractivity contribution in [2.75, 3.05) is 0 Å². The lowest BCUT2D eigenvalue weighted by Gasteiger charge is -2.42. The Hall–Kier alpha value is -5.81. The summed E-state index contributed by atoms with van der Waals surface area (Å²) < 4.78 is 0. The molecule has 0 radical (unpaired) electrons. The molecule has 5 nitrogen and oxygen atoms in total. The molecule has 1 aliphatic rings. The lowest BCUT2D eigenvalue weighted by molar-refractivity contribution is 0.332. The molecule has 0 saturated carbocycles. The van der Waals surface area contributed by atoms with Crippen LogP contribution in [0.2, 0.25) is 0 Å². The second-order valence-electron chi connectivity index (χ2n) is 14.9. The highest BCUT2D eigenvalue weighted by molar-refractivity contribution is 6.03. The molecule has 0 fully saturated rings. The van der Waals surface area contributed by atoms with Gasteiger partial charge < -0.3 is 0 Å². The SMILES string of the molecule is CC1(C)CCC(C)(C)c2cc(-c3cccc(-c4nc(-c5ccc6ccccc6c5)nc(-c5ccc6ccc7cccnc7c6n5)n4)c3)ccc21. The van der Waals surface area contributed by atoms with E-state index in [2.05, 4.69) is 142 Å². The van der Waals surface area contributed by atoms with Crippen molar-refractivity contribution in [3.05, 3.63) is 139 Å². The lowest BCUT2D eigenvalue weighted by atomic mass is 9.63. The predicted octanol–water partition coefficient (Wildman–Crippen LogP) is 11.1. The Kier molecular flexibility index (Phi) is 6.89. The summed E-state index contributed by atoms with van der Waals surface area (Å²) in [5.74, 6) is 1.74. The third-order valence-corrected chi connectivity index (χ3v) is 10.6. The molecule has 8 aromatic rings. The zero-order chi connectivity index (χ0) is 34.0. The van der Waals surface area contributed by atoms with Gasteiger partial charge in [0.1, 0.15) is 5.69 Å². The van der Waals surface area contributed by atoms with E-state index in [9.17, 15) is 0 Å². The molecule has 9 rings (SSSR count). The van der Waals surface area contributed by atoms with E-state index in [1.54, 1.807) is 0 Å². The van der Waals surface area contributed by atoms with Crippen molar-refractivity contribution in [2.24, 2.45) is 0 Å². The zero-order valence-corrected chi connectivity index (χ0v) is 28.8. The predicted molar refractivity (Wildman–Crippen MR) is 205 cm³/mol. The van der Waals surface area contributed by atoms with Crippen molar-refractivity contribution >= 4 is 32.6 Å². The number of rotatable bonds is 4. The molecule has 0 N–H and O–H groups in total. The molecule has 5 heteroatoms. The lowest BCUT2D eigenvalue weighted by Crippen LogP contribution is -2.33. The van der Waals surface area contributed by atoms with Crippen molar-refractivity contribution in [1.29, 1.82) is 0 Å². The van der Waals surface area contributed by atoms with Crippen LogP contribution < -0.4 is 0 Å².